The lowest BCUT2D eigenvalue weighted by Gasteiger charge is -2.08. The fraction of sp³-hybridized carbons (Fsp3) is 0.235. The van der Waals surface area contributed by atoms with Crippen molar-refractivity contribution in [3.05, 3.63) is 68.7 Å². The molecule has 0 bridgehead atoms. The van der Waals surface area contributed by atoms with Crippen molar-refractivity contribution >= 4 is 28.9 Å². The molecule has 0 aliphatic rings. The molecule has 0 saturated carbocycles. The first-order chi connectivity index (χ1) is 11.0. The summed E-state index contributed by atoms with van der Waals surface area (Å²) in [6.07, 6.45) is 1.82. The molecule has 0 aliphatic carbocycles. The fourth-order valence-corrected chi connectivity index (χ4v) is 2.30. The maximum absolute atomic E-state index is 12.0. The summed E-state index contributed by atoms with van der Waals surface area (Å²) in [5, 5.41) is 14.2. The Balaban J connectivity index is 1.88. The Bertz CT molecular complexity index is 714. The molecule has 1 amide bonds. The van der Waals surface area contributed by atoms with E-state index < -0.39 is 4.92 Å². The third kappa shape index (κ3) is 5.07. The van der Waals surface area contributed by atoms with Crippen molar-refractivity contribution < 1.29 is 9.72 Å². The smallest absolute Gasteiger partial charge is 0.271 e. The van der Waals surface area contributed by atoms with Gasteiger partial charge in [0, 0.05) is 23.6 Å². The molecule has 23 heavy (non-hydrogen) atoms. The predicted molar refractivity (Wildman–Crippen MR) is 90.9 cm³/mol. The maximum atomic E-state index is 12.0. The molecule has 2 aromatic carbocycles. The van der Waals surface area contributed by atoms with E-state index in [4.69, 9.17) is 11.6 Å². The molecule has 0 aliphatic heterocycles. The van der Waals surface area contributed by atoms with Crippen LogP contribution in [-0.2, 0) is 11.2 Å². The lowest BCUT2D eigenvalue weighted by molar-refractivity contribution is -0.384. The molecule has 1 N–H and O–H groups in total. The Hall–Kier alpha value is -2.40. The summed E-state index contributed by atoms with van der Waals surface area (Å²) >= 11 is 5.82. The number of nitrogens with zero attached hydrogens (tertiary/aromatic N) is 1. The van der Waals surface area contributed by atoms with Crippen LogP contribution in [0.1, 0.15) is 24.0 Å². The van der Waals surface area contributed by atoms with Crippen molar-refractivity contribution in [2.45, 2.75) is 26.2 Å². The summed E-state index contributed by atoms with van der Waals surface area (Å²) < 4.78 is 0. The summed E-state index contributed by atoms with van der Waals surface area (Å²) in [5.74, 6) is -0.150. The Morgan fingerprint density at radius 2 is 1.91 bits per heavy atom. The second kappa shape index (κ2) is 7.74. The zero-order chi connectivity index (χ0) is 16.8. The first kappa shape index (κ1) is 17.0. The van der Waals surface area contributed by atoms with Crippen molar-refractivity contribution in [3.8, 4) is 0 Å². The molecule has 0 aromatic heterocycles. The molecule has 0 heterocycles. The highest BCUT2D eigenvalue weighted by molar-refractivity contribution is 6.30. The molecule has 5 nitrogen and oxygen atoms in total. The Morgan fingerprint density at radius 3 is 2.57 bits per heavy atom. The molecule has 2 aromatic rings. The van der Waals surface area contributed by atoms with Crippen molar-refractivity contribution in [2.24, 2.45) is 0 Å². The number of carbonyl (C=O) groups excluding carboxylic acids is 1. The van der Waals surface area contributed by atoms with Gasteiger partial charge >= 0.3 is 0 Å². The summed E-state index contributed by atoms with van der Waals surface area (Å²) in [6, 6.07) is 11.9. The van der Waals surface area contributed by atoms with Crippen LogP contribution in [0.5, 0.6) is 0 Å². The third-order valence-electron chi connectivity index (χ3n) is 3.49. The molecule has 0 atom stereocenters. The number of aryl methyl sites for hydroxylation is 2. The van der Waals surface area contributed by atoms with Gasteiger partial charge in [0.1, 0.15) is 0 Å². The number of amides is 1. The number of rotatable bonds is 6. The van der Waals surface area contributed by atoms with Gasteiger partial charge in [-0.25, -0.2) is 0 Å². The van der Waals surface area contributed by atoms with E-state index in [9.17, 15) is 14.9 Å². The first-order valence-electron chi connectivity index (χ1n) is 7.25. The van der Waals surface area contributed by atoms with E-state index in [2.05, 4.69) is 5.32 Å². The van der Waals surface area contributed by atoms with Crippen LogP contribution < -0.4 is 5.32 Å². The van der Waals surface area contributed by atoms with Crippen LogP contribution in [0.4, 0.5) is 11.4 Å². The molecule has 0 radical (unpaired) electrons. The first-order valence-corrected chi connectivity index (χ1v) is 7.63. The Morgan fingerprint density at radius 1 is 1.22 bits per heavy atom. The van der Waals surface area contributed by atoms with Crippen LogP contribution >= 0.6 is 11.6 Å². The predicted octanol–water partition coefficient (Wildman–Crippen LogP) is 4.52. The third-order valence-corrected chi connectivity index (χ3v) is 3.74. The fourth-order valence-electron chi connectivity index (χ4n) is 2.18. The van der Waals surface area contributed by atoms with Gasteiger partial charge in [-0.05, 0) is 43.0 Å². The monoisotopic (exact) mass is 332 g/mol. The normalized spacial score (nSPS) is 10.3. The number of anilines is 1. The SMILES string of the molecule is Cc1ccc([N+](=O)[O-])cc1NC(=O)CCCc1ccc(Cl)cc1. The number of nitro groups is 1. The van der Waals surface area contributed by atoms with Gasteiger partial charge in [0.25, 0.3) is 5.69 Å². The Kier molecular flexibility index (Phi) is 5.71. The highest BCUT2D eigenvalue weighted by Crippen LogP contribution is 2.22. The number of carbonyl (C=O) groups is 1. The topological polar surface area (TPSA) is 72.2 Å². The van der Waals surface area contributed by atoms with Crippen LogP contribution in [0.15, 0.2) is 42.5 Å². The summed E-state index contributed by atoms with van der Waals surface area (Å²) in [5.41, 5.74) is 2.36. The minimum Gasteiger partial charge on any atom is -0.326 e. The van der Waals surface area contributed by atoms with E-state index in [1.165, 1.54) is 12.1 Å². The number of hydrogen-bond donors (Lipinski definition) is 1. The number of nitrogens with one attached hydrogen (secondary N) is 1. The molecule has 0 unspecified atom stereocenters. The number of nitro benzene ring substituents is 1. The zero-order valence-corrected chi connectivity index (χ0v) is 13.5. The number of hydrogen-bond acceptors (Lipinski definition) is 3. The van der Waals surface area contributed by atoms with Crippen molar-refractivity contribution in [3.63, 3.8) is 0 Å². The number of halogens is 1. The average Bonchev–Trinajstić information content (AvgIpc) is 2.51. The highest BCUT2D eigenvalue weighted by Gasteiger charge is 2.11. The molecular formula is C17H17ClN2O3. The second-order valence-electron chi connectivity index (χ2n) is 5.28. The molecule has 0 fully saturated rings. The van der Waals surface area contributed by atoms with Gasteiger partial charge in [0.15, 0.2) is 0 Å². The summed E-state index contributed by atoms with van der Waals surface area (Å²) in [4.78, 5) is 22.3. The zero-order valence-electron chi connectivity index (χ0n) is 12.7. The molecule has 0 saturated heterocycles. The standard InChI is InChI=1S/C17H17ClN2O3/c1-12-5-10-15(20(22)23)11-16(12)19-17(21)4-2-3-13-6-8-14(18)9-7-13/h5-11H,2-4H2,1H3,(H,19,21). The lowest BCUT2D eigenvalue weighted by atomic mass is 10.1. The van der Waals surface area contributed by atoms with E-state index >= 15 is 0 Å². The molecule has 2 rings (SSSR count). The lowest BCUT2D eigenvalue weighted by Crippen LogP contribution is -2.12. The second-order valence-corrected chi connectivity index (χ2v) is 5.72. The van der Waals surface area contributed by atoms with E-state index in [0.717, 1.165) is 17.5 Å². The minimum absolute atomic E-state index is 0.0351. The molecule has 6 heteroatoms. The van der Waals surface area contributed by atoms with E-state index in [-0.39, 0.29) is 11.6 Å². The number of non-ortho nitro benzene ring substituents is 1. The Labute approximate surface area is 139 Å². The summed E-state index contributed by atoms with van der Waals surface area (Å²) in [6.45, 7) is 1.80. The van der Waals surface area contributed by atoms with Crippen molar-refractivity contribution in [1.29, 1.82) is 0 Å². The van der Waals surface area contributed by atoms with Gasteiger partial charge in [0.05, 0.1) is 10.6 Å². The summed E-state index contributed by atoms with van der Waals surface area (Å²) in [7, 11) is 0. The molecule has 120 valence electrons. The van der Waals surface area contributed by atoms with Gasteiger partial charge in [0.2, 0.25) is 5.91 Å². The van der Waals surface area contributed by atoms with Gasteiger partial charge in [-0.15, -0.1) is 0 Å². The largest absolute Gasteiger partial charge is 0.326 e. The van der Waals surface area contributed by atoms with Gasteiger partial charge in [-0.3, -0.25) is 14.9 Å². The van der Waals surface area contributed by atoms with Gasteiger partial charge in [-0.2, -0.15) is 0 Å². The van der Waals surface area contributed by atoms with E-state index in [1.54, 1.807) is 13.0 Å². The maximum Gasteiger partial charge on any atom is 0.271 e. The van der Waals surface area contributed by atoms with Gasteiger partial charge < -0.3 is 5.32 Å². The highest BCUT2D eigenvalue weighted by atomic mass is 35.5. The van der Waals surface area contributed by atoms with Crippen LogP contribution in [-0.4, -0.2) is 10.8 Å². The quantitative estimate of drug-likeness (QED) is 0.624. The van der Waals surface area contributed by atoms with Crippen LogP contribution in [0.25, 0.3) is 0 Å². The molecule has 0 spiro atoms. The van der Waals surface area contributed by atoms with Crippen LogP contribution in [0.3, 0.4) is 0 Å². The number of benzene rings is 2. The van der Waals surface area contributed by atoms with Crippen molar-refractivity contribution in [1.82, 2.24) is 0 Å². The average molecular weight is 333 g/mol. The molecular weight excluding hydrogens is 316 g/mol. The minimum atomic E-state index is -0.477. The van der Waals surface area contributed by atoms with Gasteiger partial charge in [-0.1, -0.05) is 29.8 Å². The van der Waals surface area contributed by atoms with Crippen LogP contribution in [0, 0.1) is 17.0 Å². The van der Waals surface area contributed by atoms with E-state index in [0.29, 0.717) is 23.6 Å². The van der Waals surface area contributed by atoms with Crippen LogP contribution in [0.2, 0.25) is 5.02 Å². The van der Waals surface area contributed by atoms with Crippen molar-refractivity contribution in [2.75, 3.05) is 5.32 Å². The van der Waals surface area contributed by atoms with E-state index in [1.807, 2.05) is 24.3 Å².